The van der Waals surface area contributed by atoms with E-state index in [9.17, 15) is 18.0 Å². The van der Waals surface area contributed by atoms with Crippen molar-refractivity contribution in [1.29, 1.82) is 0 Å². The minimum atomic E-state index is -4.38. The van der Waals surface area contributed by atoms with Crippen LogP contribution in [-0.2, 0) is 28.7 Å². The summed E-state index contributed by atoms with van der Waals surface area (Å²) in [6.07, 6.45) is 0.902. The molecule has 1 atom stereocenters. The Bertz CT molecular complexity index is 742. The summed E-state index contributed by atoms with van der Waals surface area (Å²) in [5.41, 5.74) is 0.734. The summed E-state index contributed by atoms with van der Waals surface area (Å²) in [6, 6.07) is 8.42. The third-order valence-corrected chi connectivity index (χ3v) is 4.53. The Balaban J connectivity index is 1.69. The lowest BCUT2D eigenvalue weighted by atomic mass is 10.1. The Kier molecular flexibility index (Phi) is 6.11. The first-order valence-corrected chi connectivity index (χ1v) is 8.86. The predicted molar refractivity (Wildman–Crippen MR) is 93.8 cm³/mol. The fourth-order valence-corrected chi connectivity index (χ4v) is 3.10. The van der Waals surface area contributed by atoms with Crippen LogP contribution in [0.1, 0.15) is 29.5 Å². The van der Waals surface area contributed by atoms with E-state index in [1.165, 1.54) is 12.1 Å². The van der Waals surface area contributed by atoms with Crippen LogP contribution in [-0.4, -0.2) is 35.0 Å². The van der Waals surface area contributed by atoms with Gasteiger partial charge in [0.05, 0.1) is 18.1 Å². The molecule has 4 nitrogen and oxygen atoms in total. The second-order valence-electron chi connectivity index (χ2n) is 6.64. The van der Waals surface area contributed by atoms with E-state index in [0.717, 1.165) is 30.5 Å². The molecule has 2 aromatic rings. The molecule has 0 bridgehead atoms. The van der Waals surface area contributed by atoms with E-state index in [1.54, 1.807) is 23.4 Å². The van der Waals surface area contributed by atoms with E-state index < -0.39 is 11.7 Å². The zero-order valence-corrected chi connectivity index (χ0v) is 14.8. The molecule has 0 saturated carbocycles. The van der Waals surface area contributed by atoms with Gasteiger partial charge in [0.1, 0.15) is 0 Å². The molecule has 1 aliphatic rings. The number of aromatic nitrogens is 1. The molecule has 1 aliphatic heterocycles. The molecule has 0 spiro atoms. The lowest BCUT2D eigenvalue weighted by molar-refractivity contribution is -0.137. The van der Waals surface area contributed by atoms with Gasteiger partial charge in [-0.1, -0.05) is 18.2 Å². The van der Waals surface area contributed by atoms with Gasteiger partial charge in [-0.3, -0.25) is 9.78 Å². The Morgan fingerprint density at radius 1 is 1.19 bits per heavy atom. The van der Waals surface area contributed by atoms with Crippen molar-refractivity contribution in [3.63, 3.8) is 0 Å². The first kappa shape index (κ1) is 19.4. The van der Waals surface area contributed by atoms with Crippen LogP contribution in [0.2, 0.25) is 0 Å². The molecule has 0 aliphatic carbocycles. The highest BCUT2D eigenvalue weighted by Gasteiger charge is 2.30. The monoisotopic (exact) mass is 378 g/mol. The molecule has 1 aromatic carbocycles. The third kappa shape index (κ3) is 5.53. The van der Waals surface area contributed by atoms with E-state index in [0.29, 0.717) is 25.3 Å². The zero-order valence-electron chi connectivity index (χ0n) is 14.8. The molecule has 3 rings (SSSR count). The minimum absolute atomic E-state index is 0.00164. The summed E-state index contributed by atoms with van der Waals surface area (Å²) < 4.78 is 43.7. The molecule has 1 aromatic heterocycles. The highest BCUT2D eigenvalue weighted by Crippen LogP contribution is 2.29. The average molecular weight is 378 g/mol. The number of halogens is 3. The average Bonchev–Trinajstić information content (AvgIpc) is 3.15. The number of nitrogens with zero attached hydrogens (tertiary/aromatic N) is 2. The van der Waals surface area contributed by atoms with Gasteiger partial charge in [0.25, 0.3) is 0 Å². The number of carbonyl (C=O) groups excluding carboxylic acids is 1. The van der Waals surface area contributed by atoms with Crippen molar-refractivity contribution in [2.75, 3.05) is 13.2 Å². The Hall–Kier alpha value is -2.41. The second-order valence-corrected chi connectivity index (χ2v) is 6.64. The Morgan fingerprint density at radius 2 is 1.96 bits per heavy atom. The van der Waals surface area contributed by atoms with Crippen molar-refractivity contribution in [2.24, 2.45) is 0 Å². The van der Waals surface area contributed by atoms with Crippen LogP contribution in [0.5, 0.6) is 0 Å². The lowest BCUT2D eigenvalue weighted by Gasteiger charge is -2.25. The van der Waals surface area contributed by atoms with Gasteiger partial charge in [-0.2, -0.15) is 13.2 Å². The van der Waals surface area contributed by atoms with E-state index in [4.69, 9.17) is 4.74 Å². The van der Waals surface area contributed by atoms with Crippen LogP contribution in [0.25, 0.3) is 0 Å². The topological polar surface area (TPSA) is 42.4 Å². The predicted octanol–water partition coefficient (Wildman–Crippen LogP) is 3.85. The lowest BCUT2D eigenvalue weighted by Crippen LogP contribution is -2.37. The molecule has 0 N–H and O–H groups in total. The van der Waals surface area contributed by atoms with Crippen molar-refractivity contribution >= 4 is 5.91 Å². The number of amides is 1. The Morgan fingerprint density at radius 3 is 2.56 bits per heavy atom. The van der Waals surface area contributed by atoms with Crippen molar-refractivity contribution in [3.8, 4) is 0 Å². The minimum Gasteiger partial charge on any atom is -0.376 e. The number of rotatable bonds is 6. The molecule has 144 valence electrons. The number of pyridine rings is 1. The highest BCUT2D eigenvalue weighted by molar-refractivity contribution is 5.78. The van der Waals surface area contributed by atoms with Crippen molar-refractivity contribution < 1.29 is 22.7 Å². The molecule has 0 unspecified atom stereocenters. The zero-order chi connectivity index (χ0) is 19.3. The molecular weight excluding hydrogens is 357 g/mol. The fraction of sp³-hybridized carbons (Fsp3) is 0.400. The summed E-state index contributed by atoms with van der Waals surface area (Å²) in [7, 11) is 0. The number of hydrogen-bond donors (Lipinski definition) is 0. The third-order valence-electron chi connectivity index (χ3n) is 4.53. The summed E-state index contributed by atoms with van der Waals surface area (Å²) in [5, 5.41) is 0. The van der Waals surface area contributed by atoms with E-state index >= 15 is 0 Å². The highest BCUT2D eigenvalue weighted by atomic mass is 19.4. The van der Waals surface area contributed by atoms with Crippen LogP contribution < -0.4 is 0 Å². The van der Waals surface area contributed by atoms with E-state index in [2.05, 4.69) is 4.98 Å². The SMILES string of the molecule is O=C(Cc1ccc(C(F)(F)F)cc1)N(Cc1cccnc1)C[C@@H]1CCCO1. The largest absolute Gasteiger partial charge is 0.416 e. The molecule has 1 fully saturated rings. The molecule has 0 radical (unpaired) electrons. The number of benzene rings is 1. The first-order chi connectivity index (χ1) is 12.9. The molecule has 27 heavy (non-hydrogen) atoms. The molecule has 7 heteroatoms. The Labute approximate surface area is 156 Å². The standard InChI is InChI=1S/C20H21F3N2O2/c21-20(22,23)17-7-5-15(6-8-17)11-19(26)25(14-18-4-2-10-27-18)13-16-3-1-9-24-12-16/h1,3,5-9,12,18H,2,4,10-11,13-14H2/t18-/m0/s1. The maximum absolute atomic E-state index is 12.8. The molecule has 2 heterocycles. The van der Waals surface area contributed by atoms with Gasteiger partial charge in [0.2, 0.25) is 5.91 Å². The van der Waals surface area contributed by atoms with Gasteiger partial charge in [0.15, 0.2) is 0 Å². The van der Waals surface area contributed by atoms with Crippen LogP contribution in [0.15, 0.2) is 48.8 Å². The van der Waals surface area contributed by atoms with Gasteiger partial charge >= 0.3 is 6.18 Å². The smallest absolute Gasteiger partial charge is 0.376 e. The van der Waals surface area contributed by atoms with Crippen LogP contribution in [0.3, 0.4) is 0 Å². The second kappa shape index (κ2) is 8.52. The van der Waals surface area contributed by atoms with Crippen molar-refractivity contribution in [3.05, 3.63) is 65.5 Å². The molecular formula is C20H21F3N2O2. The number of ether oxygens (including phenoxy) is 1. The van der Waals surface area contributed by atoms with Crippen LogP contribution in [0.4, 0.5) is 13.2 Å². The summed E-state index contributed by atoms with van der Waals surface area (Å²) in [5.74, 6) is -0.144. The summed E-state index contributed by atoms with van der Waals surface area (Å²) in [4.78, 5) is 18.6. The normalized spacial score (nSPS) is 17.1. The maximum atomic E-state index is 12.8. The van der Waals surface area contributed by atoms with Gasteiger partial charge < -0.3 is 9.64 Å². The van der Waals surface area contributed by atoms with E-state index in [1.807, 2.05) is 6.07 Å². The van der Waals surface area contributed by atoms with Gasteiger partial charge in [-0.15, -0.1) is 0 Å². The van der Waals surface area contributed by atoms with Gasteiger partial charge in [-0.25, -0.2) is 0 Å². The first-order valence-electron chi connectivity index (χ1n) is 8.86. The molecule has 1 amide bonds. The number of alkyl halides is 3. The van der Waals surface area contributed by atoms with Gasteiger partial charge in [-0.05, 0) is 42.2 Å². The van der Waals surface area contributed by atoms with Crippen LogP contribution >= 0.6 is 0 Å². The molecule has 1 saturated heterocycles. The summed E-state index contributed by atoms with van der Waals surface area (Å²) in [6.45, 7) is 1.56. The van der Waals surface area contributed by atoms with Gasteiger partial charge in [0, 0.05) is 32.1 Å². The fourth-order valence-electron chi connectivity index (χ4n) is 3.10. The quantitative estimate of drug-likeness (QED) is 0.767. The maximum Gasteiger partial charge on any atom is 0.416 e. The van der Waals surface area contributed by atoms with Crippen LogP contribution in [0, 0.1) is 0 Å². The van der Waals surface area contributed by atoms with Crippen molar-refractivity contribution in [1.82, 2.24) is 9.88 Å². The number of hydrogen-bond acceptors (Lipinski definition) is 3. The number of carbonyl (C=O) groups is 1. The summed E-state index contributed by atoms with van der Waals surface area (Å²) >= 11 is 0. The van der Waals surface area contributed by atoms with E-state index in [-0.39, 0.29) is 18.4 Å². The van der Waals surface area contributed by atoms with Crippen molar-refractivity contribution in [2.45, 2.75) is 38.1 Å².